The van der Waals surface area contributed by atoms with Gasteiger partial charge >= 0.3 is 0 Å². The number of carbonyl (C=O) groups is 2. The van der Waals surface area contributed by atoms with Gasteiger partial charge in [-0.1, -0.05) is 19.1 Å². The van der Waals surface area contributed by atoms with Gasteiger partial charge in [0.15, 0.2) is 6.61 Å². The Kier molecular flexibility index (Phi) is 6.28. The largest absolute Gasteiger partial charge is 0.484 e. The first-order valence-corrected chi connectivity index (χ1v) is 9.89. The lowest BCUT2D eigenvalue weighted by molar-refractivity contribution is -0.123. The molecule has 0 bridgehead atoms. The van der Waals surface area contributed by atoms with Crippen LogP contribution in [-0.4, -0.2) is 31.0 Å². The summed E-state index contributed by atoms with van der Waals surface area (Å²) in [4.78, 5) is 24.6. The van der Waals surface area contributed by atoms with Crippen molar-refractivity contribution in [1.29, 1.82) is 0 Å². The second kappa shape index (κ2) is 8.85. The molecule has 1 aliphatic carbocycles. The van der Waals surface area contributed by atoms with Gasteiger partial charge in [0.2, 0.25) is 0 Å². The van der Waals surface area contributed by atoms with Gasteiger partial charge in [-0.25, -0.2) is 0 Å². The van der Waals surface area contributed by atoms with Crippen molar-refractivity contribution >= 4 is 23.2 Å². The average Bonchev–Trinajstić information content (AvgIpc) is 3.33. The number of aryl methyl sites for hydroxylation is 1. The molecule has 0 saturated heterocycles. The number of hydrogen-bond donors (Lipinski definition) is 2. The topological polar surface area (TPSA) is 67.4 Å². The van der Waals surface area contributed by atoms with E-state index in [1.165, 1.54) is 11.3 Å². The lowest BCUT2D eigenvalue weighted by Crippen LogP contribution is -2.30. The molecule has 2 aromatic rings. The van der Waals surface area contributed by atoms with Crippen LogP contribution in [0.2, 0.25) is 0 Å². The molecule has 1 aromatic heterocycles. The fraction of sp³-hybridized carbons (Fsp3) is 0.400. The molecule has 0 atom stereocenters. The second-order valence-electron chi connectivity index (χ2n) is 6.41. The lowest BCUT2D eigenvalue weighted by atomic mass is 10.1. The SMILES string of the molecule is CCc1ccsc1C(=O)NCCc1ccc(OCC(=O)NC2CC2)cc1. The molecular weight excluding hydrogens is 348 g/mol. The van der Waals surface area contributed by atoms with Crippen LogP contribution < -0.4 is 15.4 Å². The molecule has 1 aliphatic rings. The van der Waals surface area contributed by atoms with E-state index in [0.717, 1.165) is 41.7 Å². The Hall–Kier alpha value is -2.34. The molecule has 2 amide bonds. The zero-order valence-electron chi connectivity index (χ0n) is 14.9. The van der Waals surface area contributed by atoms with Gasteiger partial charge in [0.25, 0.3) is 11.8 Å². The molecule has 5 nitrogen and oxygen atoms in total. The summed E-state index contributed by atoms with van der Waals surface area (Å²) in [5.74, 6) is 0.604. The molecule has 3 rings (SSSR count). The van der Waals surface area contributed by atoms with Crippen LogP contribution in [0.4, 0.5) is 0 Å². The number of amides is 2. The first-order valence-electron chi connectivity index (χ1n) is 9.01. The third kappa shape index (κ3) is 5.33. The number of ether oxygens (including phenoxy) is 1. The van der Waals surface area contributed by atoms with Crippen molar-refractivity contribution in [3.05, 3.63) is 51.7 Å². The maximum Gasteiger partial charge on any atom is 0.261 e. The van der Waals surface area contributed by atoms with Crippen molar-refractivity contribution in [2.45, 2.75) is 38.6 Å². The van der Waals surface area contributed by atoms with E-state index >= 15 is 0 Å². The molecule has 0 radical (unpaired) electrons. The number of rotatable bonds is 9. The van der Waals surface area contributed by atoms with E-state index in [0.29, 0.717) is 18.3 Å². The quantitative estimate of drug-likeness (QED) is 0.711. The van der Waals surface area contributed by atoms with Crippen molar-refractivity contribution in [3.63, 3.8) is 0 Å². The second-order valence-corrected chi connectivity index (χ2v) is 7.32. The molecule has 138 valence electrons. The number of carbonyl (C=O) groups excluding carboxylic acids is 2. The van der Waals surface area contributed by atoms with Gasteiger partial charge in [0, 0.05) is 12.6 Å². The number of thiophene rings is 1. The van der Waals surface area contributed by atoms with E-state index in [1.54, 1.807) is 0 Å². The van der Waals surface area contributed by atoms with Crippen LogP contribution in [-0.2, 0) is 17.6 Å². The molecular formula is C20H24N2O3S. The predicted octanol–water partition coefficient (Wildman–Crippen LogP) is 2.94. The van der Waals surface area contributed by atoms with Gasteiger partial charge in [0.05, 0.1) is 4.88 Å². The lowest BCUT2D eigenvalue weighted by Gasteiger charge is -2.08. The van der Waals surface area contributed by atoms with Crippen molar-refractivity contribution in [2.75, 3.05) is 13.2 Å². The maximum atomic E-state index is 12.2. The Balaban J connectivity index is 1.39. The Bertz CT molecular complexity index is 751. The third-order valence-corrected chi connectivity index (χ3v) is 5.22. The third-order valence-electron chi connectivity index (χ3n) is 4.27. The normalized spacial score (nSPS) is 13.3. The fourth-order valence-electron chi connectivity index (χ4n) is 2.61. The van der Waals surface area contributed by atoms with Gasteiger partial charge in [-0.2, -0.15) is 0 Å². The highest BCUT2D eigenvalue weighted by Gasteiger charge is 2.23. The molecule has 1 aromatic carbocycles. The van der Waals surface area contributed by atoms with E-state index < -0.39 is 0 Å². The predicted molar refractivity (Wildman–Crippen MR) is 103 cm³/mol. The molecule has 6 heteroatoms. The summed E-state index contributed by atoms with van der Waals surface area (Å²) in [6.45, 7) is 2.69. The van der Waals surface area contributed by atoms with Gasteiger partial charge in [-0.3, -0.25) is 9.59 Å². The van der Waals surface area contributed by atoms with Crippen LogP contribution in [0.25, 0.3) is 0 Å². The molecule has 2 N–H and O–H groups in total. The smallest absolute Gasteiger partial charge is 0.261 e. The highest BCUT2D eigenvalue weighted by molar-refractivity contribution is 7.12. The molecule has 26 heavy (non-hydrogen) atoms. The minimum atomic E-state index is -0.0701. The zero-order valence-corrected chi connectivity index (χ0v) is 15.7. The van der Waals surface area contributed by atoms with Crippen molar-refractivity contribution in [1.82, 2.24) is 10.6 Å². The summed E-state index contributed by atoms with van der Waals surface area (Å²) in [5, 5.41) is 7.82. The van der Waals surface area contributed by atoms with Crippen LogP contribution >= 0.6 is 11.3 Å². The molecule has 1 saturated carbocycles. The number of nitrogens with one attached hydrogen (secondary N) is 2. The van der Waals surface area contributed by atoms with E-state index in [-0.39, 0.29) is 18.4 Å². The minimum Gasteiger partial charge on any atom is -0.484 e. The van der Waals surface area contributed by atoms with E-state index in [9.17, 15) is 9.59 Å². The summed E-state index contributed by atoms with van der Waals surface area (Å²) in [5.41, 5.74) is 2.21. The van der Waals surface area contributed by atoms with E-state index in [1.807, 2.05) is 35.7 Å². The van der Waals surface area contributed by atoms with Crippen LogP contribution in [0.15, 0.2) is 35.7 Å². The number of hydrogen-bond acceptors (Lipinski definition) is 4. The monoisotopic (exact) mass is 372 g/mol. The Morgan fingerprint density at radius 3 is 2.65 bits per heavy atom. The van der Waals surface area contributed by atoms with Gasteiger partial charge in [-0.05, 0) is 60.4 Å². The van der Waals surface area contributed by atoms with Gasteiger partial charge in [-0.15, -0.1) is 11.3 Å². The Morgan fingerprint density at radius 1 is 1.19 bits per heavy atom. The van der Waals surface area contributed by atoms with Crippen LogP contribution in [0.5, 0.6) is 5.75 Å². The van der Waals surface area contributed by atoms with Crippen molar-refractivity contribution < 1.29 is 14.3 Å². The standard InChI is InChI=1S/C20H24N2O3S/c1-2-15-10-12-26-19(15)20(24)21-11-9-14-3-7-17(8-4-14)25-13-18(23)22-16-5-6-16/h3-4,7-8,10,12,16H,2,5-6,9,11,13H2,1H3,(H,21,24)(H,22,23). The highest BCUT2D eigenvalue weighted by atomic mass is 32.1. The number of benzene rings is 1. The van der Waals surface area contributed by atoms with Crippen LogP contribution in [0.3, 0.4) is 0 Å². The highest BCUT2D eigenvalue weighted by Crippen LogP contribution is 2.19. The van der Waals surface area contributed by atoms with E-state index in [2.05, 4.69) is 17.6 Å². The molecule has 0 spiro atoms. The molecule has 1 heterocycles. The van der Waals surface area contributed by atoms with Crippen molar-refractivity contribution in [2.24, 2.45) is 0 Å². The Labute approximate surface area is 157 Å². The Morgan fingerprint density at radius 2 is 1.96 bits per heavy atom. The first-order chi connectivity index (χ1) is 12.7. The maximum absolute atomic E-state index is 12.2. The zero-order chi connectivity index (χ0) is 18.4. The molecule has 0 unspecified atom stereocenters. The fourth-order valence-corrected chi connectivity index (χ4v) is 3.52. The summed E-state index contributed by atoms with van der Waals surface area (Å²) >= 11 is 1.48. The first kappa shape index (κ1) is 18.5. The van der Waals surface area contributed by atoms with Crippen LogP contribution in [0, 0.1) is 0 Å². The summed E-state index contributed by atoms with van der Waals surface area (Å²) in [7, 11) is 0. The van der Waals surface area contributed by atoms with Crippen LogP contribution in [0.1, 0.15) is 40.6 Å². The van der Waals surface area contributed by atoms with Gasteiger partial charge in [0.1, 0.15) is 5.75 Å². The average molecular weight is 372 g/mol. The summed E-state index contributed by atoms with van der Waals surface area (Å²) in [6, 6.07) is 9.99. The minimum absolute atomic E-state index is 0.00141. The van der Waals surface area contributed by atoms with Crippen molar-refractivity contribution in [3.8, 4) is 5.75 Å². The summed E-state index contributed by atoms with van der Waals surface area (Å²) < 4.78 is 5.49. The summed E-state index contributed by atoms with van der Waals surface area (Å²) in [6.07, 6.45) is 3.76. The van der Waals surface area contributed by atoms with E-state index in [4.69, 9.17) is 4.74 Å². The molecule has 1 fully saturated rings. The molecule has 0 aliphatic heterocycles. The van der Waals surface area contributed by atoms with Gasteiger partial charge < -0.3 is 15.4 Å².